The summed E-state index contributed by atoms with van der Waals surface area (Å²) in [7, 11) is 3.07. The van der Waals surface area contributed by atoms with Crippen LogP contribution in [0, 0.1) is 10.1 Å². The zero-order chi connectivity index (χ0) is 19.1. The standard InChI is InChI=1S/C18H18N2O6/c1-4-26-18(21)14-10-13(20(22)23)11-19-15(14)7-5-12-6-8-16(24-2)17(9-12)25-3/h5-11H,4H2,1-3H3/b7-5+. The largest absolute Gasteiger partial charge is 0.493 e. The average molecular weight is 358 g/mol. The lowest BCUT2D eigenvalue weighted by atomic mass is 10.1. The van der Waals surface area contributed by atoms with Crippen LogP contribution < -0.4 is 9.47 Å². The van der Waals surface area contributed by atoms with E-state index in [0.717, 1.165) is 17.8 Å². The molecule has 0 aliphatic heterocycles. The topological polar surface area (TPSA) is 101 Å². The molecular formula is C18H18N2O6. The monoisotopic (exact) mass is 358 g/mol. The van der Waals surface area contributed by atoms with Gasteiger partial charge in [-0.15, -0.1) is 0 Å². The van der Waals surface area contributed by atoms with Crippen LogP contribution in [-0.4, -0.2) is 36.7 Å². The van der Waals surface area contributed by atoms with Crippen LogP contribution in [0.1, 0.15) is 28.5 Å². The maximum Gasteiger partial charge on any atom is 0.340 e. The maximum atomic E-state index is 12.1. The van der Waals surface area contributed by atoms with Gasteiger partial charge in [-0.25, -0.2) is 9.78 Å². The Morgan fingerprint density at radius 3 is 2.54 bits per heavy atom. The van der Waals surface area contributed by atoms with E-state index in [0.29, 0.717) is 11.5 Å². The molecule has 0 bridgehead atoms. The molecule has 0 N–H and O–H groups in total. The number of nitro groups is 1. The summed E-state index contributed by atoms with van der Waals surface area (Å²) in [5.41, 5.74) is 0.788. The highest BCUT2D eigenvalue weighted by molar-refractivity contribution is 5.94. The van der Waals surface area contributed by atoms with Crippen molar-refractivity contribution in [2.24, 2.45) is 0 Å². The minimum atomic E-state index is -0.671. The molecule has 0 aliphatic rings. The van der Waals surface area contributed by atoms with Gasteiger partial charge in [0.25, 0.3) is 5.69 Å². The summed E-state index contributed by atoms with van der Waals surface area (Å²) in [6.45, 7) is 1.81. The first-order chi connectivity index (χ1) is 12.5. The highest BCUT2D eigenvalue weighted by atomic mass is 16.6. The number of nitrogens with zero attached hydrogens (tertiary/aromatic N) is 2. The van der Waals surface area contributed by atoms with E-state index in [2.05, 4.69) is 4.98 Å². The number of hydrogen-bond donors (Lipinski definition) is 0. The summed E-state index contributed by atoms with van der Waals surface area (Å²) in [6.07, 6.45) is 4.38. The molecule has 1 aromatic carbocycles. The molecule has 1 aromatic heterocycles. The molecule has 0 spiro atoms. The van der Waals surface area contributed by atoms with Crippen molar-refractivity contribution in [2.75, 3.05) is 20.8 Å². The van der Waals surface area contributed by atoms with Gasteiger partial charge in [0.1, 0.15) is 6.20 Å². The lowest BCUT2D eigenvalue weighted by Gasteiger charge is -2.08. The van der Waals surface area contributed by atoms with Crippen LogP contribution >= 0.6 is 0 Å². The fourth-order valence-corrected chi connectivity index (χ4v) is 2.20. The van der Waals surface area contributed by atoms with Crippen LogP contribution in [0.25, 0.3) is 12.2 Å². The van der Waals surface area contributed by atoms with Crippen LogP contribution in [0.4, 0.5) is 5.69 Å². The number of methoxy groups -OCH3 is 2. The van der Waals surface area contributed by atoms with E-state index in [1.807, 2.05) is 0 Å². The first kappa shape index (κ1) is 18.9. The number of rotatable bonds is 7. The van der Waals surface area contributed by atoms with E-state index >= 15 is 0 Å². The van der Waals surface area contributed by atoms with Crippen molar-refractivity contribution in [1.29, 1.82) is 0 Å². The molecular weight excluding hydrogens is 340 g/mol. The quantitative estimate of drug-likeness (QED) is 0.425. The number of carbonyl (C=O) groups excluding carboxylic acids is 1. The Morgan fingerprint density at radius 2 is 1.92 bits per heavy atom. The van der Waals surface area contributed by atoms with Gasteiger partial charge in [-0.1, -0.05) is 12.1 Å². The van der Waals surface area contributed by atoms with E-state index in [-0.39, 0.29) is 23.6 Å². The van der Waals surface area contributed by atoms with Crippen LogP contribution in [0.2, 0.25) is 0 Å². The molecule has 2 rings (SSSR count). The predicted octanol–water partition coefficient (Wildman–Crippen LogP) is 3.35. The lowest BCUT2D eigenvalue weighted by Crippen LogP contribution is -2.08. The van der Waals surface area contributed by atoms with Gasteiger partial charge in [0.2, 0.25) is 0 Å². The van der Waals surface area contributed by atoms with Crippen molar-refractivity contribution >= 4 is 23.8 Å². The molecule has 0 amide bonds. The zero-order valence-electron chi connectivity index (χ0n) is 14.6. The SMILES string of the molecule is CCOC(=O)c1cc([N+](=O)[O-])cnc1/C=C/c1ccc(OC)c(OC)c1. The van der Waals surface area contributed by atoms with Crippen molar-refractivity contribution in [3.05, 3.63) is 57.4 Å². The number of carbonyl (C=O) groups is 1. The molecule has 0 fully saturated rings. The Bertz CT molecular complexity index is 848. The minimum Gasteiger partial charge on any atom is -0.493 e. The molecule has 26 heavy (non-hydrogen) atoms. The highest BCUT2D eigenvalue weighted by Gasteiger charge is 2.17. The third kappa shape index (κ3) is 4.35. The third-order valence-electron chi connectivity index (χ3n) is 3.45. The second kappa shape index (κ2) is 8.61. The van der Waals surface area contributed by atoms with Gasteiger partial charge in [0.05, 0.1) is 37.0 Å². The van der Waals surface area contributed by atoms with E-state index in [1.165, 1.54) is 7.11 Å². The van der Waals surface area contributed by atoms with E-state index in [1.54, 1.807) is 44.4 Å². The summed E-state index contributed by atoms with van der Waals surface area (Å²) >= 11 is 0. The molecule has 0 aliphatic carbocycles. The van der Waals surface area contributed by atoms with Gasteiger partial charge < -0.3 is 14.2 Å². The average Bonchev–Trinajstić information content (AvgIpc) is 2.65. The van der Waals surface area contributed by atoms with Crippen molar-refractivity contribution in [3.8, 4) is 11.5 Å². The van der Waals surface area contributed by atoms with E-state index in [4.69, 9.17) is 14.2 Å². The normalized spacial score (nSPS) is 10.6. The number of esters is 1. The summed E-state index contributed by atoms with van der Waals surface area (Å²) in [6, 6.07) is 6.45. The smallest absolute Gasteiger partial charge is 0.340 e. The number of pyridine rings is 1. The number of aromatic nitrogens is 1. The van der Waals surface area contributed by atoms with Gasteiger partial charge in [0, 0.05) is 6.07 Å². The van der Waals surface area contributed by atoms with Gasteiger partial charge in [-0.2, -0.15) is 0 Å². The van der Waals surface area contributed by atoms with Gasteiger partial charge in [-0.3, -0.25) is 10.1 Å². The minimum absolute atomic E-state index is 0.0257. The fourth-order valence-electron chi connectivity index (χ4n) is 2.20. The Balaban J connectivity index is 2.40. The maximum absolute atomic E-state index is 12.1. The van der Waals surface area contributed by atoms with Crippen LogP contribution in [-0.2, 0) is 4.74 Å². The summed E-state index contributed by atoms with van der Waals surface area (Å²) in [5.74, 6) is 0.470. The van der Waals surface area contributed by atoms with Gasteiger partial charge in [-0.05, 0) is 30.7 Å². The molecule has 8 heteroatoms. The van der Waals surface area contributed by atoms with E-state index in [9.17, 15) is 14.9 Å². The summed E-state index contributed by atoms with van der Waals surface area (Å²) in [5, 5.41) is 10.9. The Morgan fingerprint density at radius 1 is 1.19 bits per heavy atom. The first-order valence-corrected chi connectivity index (χ1v) is 7.71. The summed E-state index contributed by atoms with van der Waals surface area (Å²) in [4.78, 5) is 26.4. The van der Waals surface area contributed by atoms with Crippen molar-refractivity contribution < 1.29 is 23.9 Å². The Hall–Kier alpha value is -3.42. The third-order valence-corrected chi connectivity index (χ3v) is 3.45. The first-order valence-electron chi connectivity index (χ1n) is 7.71. The summed E-state index contributed by atoms with van der Waals surface area (Å²) < 4.78 is 15.4. The number of ether oxygens (including phenoxy) is 3. The second-order valence-corrected chi connectivity index (χ2v) is 5.05. The highest BCUT2D eigenvalue weighted by Crippen LogP contribution is 2.28. The van der Waals surface area contributed by atoms with Crippen molar-refractivity contribution in [3.63, 3.8) is 0 Å². The molecule has 1 heterocycles. The van der Waals surface area contributed by atoms with Crippen LogP contribution in [0.5, 0.6) is 11.5 Å². The van der Waals surface area contributed by atoms with Crippen molar-refractivity contribution in [2.45, 2.75) is 6.92 Å². The molecule has 136 valence electrons. The van der Waals surface area contributed by atoms with Gasteiger partial charge >= 0.3 is 5.97 Å². The zero-order valence-corrected chi connectivity index (χ0v) is 14.6. The predicted molar refractivity (Wildman–Crippen MR) is 95.3 cm³/mol. The van der Waals surface area contributed by atoms with Crippen LogP contribution in [0.3, 0.4) is 0 Å². The Labute approximate surface area is 150 Å². The molecule has 0 saturated heterocycles. The number of benzene rings is 1. The molecule has 0 radical (unpaired) electrons. The van der Waals surface area contributed by atoms with Gasteiger partial charge in [0.15, 0.2) is 11.5 Å². The lowest BCUT2D eigenvalue weighted by molar-refractivity contribution is -0.385. The molecule has 0 saturated carbocycles. The van der Waals surface area contributed by atoms with Crippen molar-refractivity contribution in [1.82, 2.24) is 4.98 Å². The molecule has 8 nitrogen and oxygen atoms in total. The van der Waals surface area contributed by atoms with E-state index < -0.39 is 10.9 Å². The molecule has 2 aromatic rings. The fraction of sp³-hybridized carbons (Fsp3) is 0.222. The molecule has 0 atom stereocenters. The van der Waals surface area contributed by atoms with Crippen LogP contribution in [0.15, 0.2) is 30.5 Å². The molecule has 0 unspecified atom stereocenters. The number of hydrogen-bond acceptors (Lipinski definition) is 7. The Kier molecular flexibility index (Phi) is 6.26. The second-order valence-electron chi connectivity index (χ2n) is 5.05.